The van der Waals surface area contributed by atoms with E-state index in [-0.39, 0.29) is 34.6 Å². The first-order valence-electron chi connectivity index (χ1n) is 14.1. The molecule has 1 aliphatic heterocycles. The van der Waals surface area contributed by atoms with Gasteiger partial charge in [0.15, 0.2) is 0 Å². The summed E-state index contributed by atoms with van der Waals surface area (Å²) in [5.74, 6) is 2.58. The lowest BCUT2D eigenvalue weighted by Crippen LogP contribution is -2.61. The summed E-state index contributed by atoms with van der Waals surface area (Å²) in [6.07, 6.45) is 9.35. The molecule has 4 nitrogen and oxygen atoms in total. The van der Waals surface area contributed by atoms with Gasteiger partial charge in [-0.05, 0) is 97.0 Å². The first kappa shape index (κ1) is 24.2. The Morgan fingerprint density at radius 2 is 1.81 bits per heavy atom. The van der Waals surface area contributed by atoms with Gasteiger partial charge in [-0.1, -0.05) is 50.2 Å². The quantitative estimate of drug-likeness (QED) is 0.503. The van der Waals surface area contributed by atoms with Crippen LogP contribution in [0.25, 0.3) is 0 Å². The van der Waals surface area contributed by atoms with E-state index in [2.05, 4.69) is 66.3 Å². The third-order valence-electron chi connectivity index (χ3n) is 10.9. The fraction of sp³-hybridized carbons (Fsp3) is 0.613. The third kappa shape index (κ3) is 4.02. The van der Waals surface area contributed by atoms with E-state index in [0.29, 0.717) is 30.2 Å². The standard InChI is InChI=1S/C31H40N2O2S/c1-30-16-14-23-21(10-13-27-31(23,2)17-15-28(34)33-27)22(30)11-12-24(30)29(35)32-25(26-9-6-18-36-26)19-20-7-4-3-5-8-20/h3-9,18,21-25,27H,10-17,19H2,1-2H3,(H,32,35)(H,33,34)/t21-,22-,23-,24+,25?,27+,30-,31+/m0/s1. The normalized spacial score (nSPS) is 38.3. The molecule has 5 heteroatoms. The molecule has 1 saturated heterocycles. The average Bonchev–Trinajstić information content (AvgIpc) is 3.53. The molecule has 2 heterocycles. The van der Waals surface area contributed by atoms with Crippen LogP contribution in [-0.2, 0) is 16.0 Å². The van der Waals surface area contributed by atoms with E-state index in [9.17, 15) is 9.59 Å². The Kier molecular flexibility index (Phi) is 6.26. The zero-order valence-corrected chi connectivity index (χ0v) is 22.5. The largest absolute Gasteiger partial charge is 0.353 e. The minimum absolute atomic E-state index is 0.0269. The third-order valence-corrected chi connectivity index (χ3v) is 11.9. The van der Waals surface area contributed by atoms with E-state index in [1.165, 1.54) is 29.7 Å². The molecule has 0 spiro atoms. The molecule has 8 atom stereocenters. The summed E-state index contributed by atoms with van der Waals surface area (Å²) >= 11 is 1.74. The van der Waals surface area contributed by atoms with Crippen molar-refractivity contribution in [3.8, 4) is 0 Å². The molecule has 4 fully saturated rings. The summed E-state index contributed by atoms with van der Waals surface area (Å²) in [4.78, 5) is 27.3. The molecule has 1 unspecified atom stereocenters. The summed E-state index contributed by atoms with van der Waals surface area (Å²) in [7, 11) is 0. The maximum Gasteiger partial charge on any atom is 0.224 e. The Labute approximate surface area is 219 Å². The molecule has 36 heavy (non-hydrogen) atoms. The lowest BCUT2D eigenvalue weighted by atomic mass is 9.47. The van der Waals surface area contributed by atoms with Crippen LogP contribution in [0.3, 0.4) is 0 Å². The summed E-state index contributed by atoms with van der Waals surface area (Å²) in [5, 5.41) is 8.97. The Balaban J connectivity index is 1.20. The van der Waals surface area contributed by atoms with E-state index < -0.39 is 0 Å². The number of carbonyl (C=O) groups is 2. The second-order valence-corrected chi connectivity index (χ2v) is 13.5. The van der Waals surface area contributed by atoms with Crippen LogP contribution >= 0.6 is 11.3 Å². The van der Waals surface area contributed by atoms with Crippen LogP contribution in [0.1, 0.15) is 81.7 Å². The first-order chi connectivity index (χ1) is 17.4. The van der Waals surface area contributed by atoms with Crippen molar-refractivity contribution in [3.63, 3.8) is 0 Å². The van der Waals surface area contributed by atoms with Crippen molar-refractivity contribution < 1.29 is 9.59 Å². The molecule has 4 aliphatic rings. The van der Waals surface area contributed by atoms with Crippen LogP contribution in [-0.4, -0.2) is 17.9 Å². The smallest absolute Gasteiger partial charge is 0.224 e. The van der Waals surface area contributed by atoms with Crippen molar-refractivity contribution in [1.82, 2.24) is 10.6 Å². The lowest BCUT2D eigenvalue weighted by molar-refractivity contribution is -0.142. The molecule has 3 aliphatic carbocycles. The van der Waals surface area contributed by atoms with Crippen LogP contribution < -0.4 is 10.6 Å². The van der Waals surface area contributed by atoms with Crippen molar-refractivity contribution >= 4 is 23.2 Å². The van der Waals surface area contributed by atoms with Gasteiger partial charge >= 0.3 is 0 Å². The Hall–Kier alpha value is -2.14. The van der Waals surface area contributed by atoms with Crippen LogP contribution in [0, 0.1) is 34.5 Å². The summed E-state index contributed by atoms with van der Waals surface area (Å²) in [6, 6.07) is 15.1. The van der Waals surface area contributed by atoms with Gasteiger partial charge in [0.05, 0.1) is 6.04 Å². The molecule has 6 rings (SSSR count). The average molecular weight is 505 g/mol. The minimum Gasteiger partial charge on any atom is -0.353 e. The van der Waals surface area contributed by atoms with Gasteiger partial charge in [0.1, 0.15) is 0 Å². The minimum atomic E-state index is 0.0269. The molecule has 2 amide bonds. The molecule has 0 bridgehead atoms. The van der Waals surface area contributed by atoms with Gasteiger partial charge < -0.3 is 10.6 Å². The molecule has 2 N–H and O–H groups in total. The van der Waals surface area contributed by atoms with Gasteiger partial charge in [0, 0.05) is 23.3 Å². The number of benzene rings is 1. The molecule has 2 aromatic rings. The Morgan fingerprint density at radius 3 is 2.58 bits per heavy atom. The van der Waals surface area contributed by atoms with E-state index in [1.807, 2.05) is 6.07 Å². The molecule has 3 saturated carbocycles. The van der Waals surface area contributed by atoms with Gasteiger partial charge in [-0.3, -0.25) is 9.59 Å². The van der Waals surface area contributed by atoms with Gasteiger partial charge in [-0.15, -0.1) is 11.3 Å². The van der Waals surface area contributed by atoms with Crippen LogP contribution in [0.15, 0.2) is 47.8 Å². The number of hydrogen-bond acceptors (Lipinski definition) is 3. The predicted molar refractivity (Wildman–Crippen MR) is 144 cm³/mol. The molecule has 192 valence electrons. The highest BCUT2D eigenvalue weighted by molar-refractivity contribution is 7.10. The fourth-order valence-electron chi connectivity index (χ4n) is 8.97. The lowest BCUT2D eigenvalue weighted by Gasteiger charge is -2.60. The topological polar surface area (TPSA) is 58.2 Å². The number of piperidine rings is 1. The van der Waals surface area contributed by atoms with Crippen LogP contribution in [0.5, 0.6) is 0 Å². The highest BCUT2D eigenvalue weighted by Gasteiger charge is 2.61. The Morgan fingerprint density at radius 1 is 1.00 bits per heavy atom. The number of nitrogens with one attached hydrogen (secondary N) is 2. The summed E-state index contributed by atoms with van der Waals surface area (Å²) in [6.45, 7) is 4.88. The zero-order chi connectivity index (χ0) is 24.9. The number of amides is 2. The first-order valence-corrected chi connectivity index (χ1v) is 14.9. The van der Waals surface area contributed by atoms with Gasteiger partial charge in [0.25, 0.3) is 0 Å². The number of carbonyl (C=O) groups excluding carboxylic acids is 2. The van der Waals surface area contributed by atoms with Crippen molar-refractivity contribution in [2.24, 2.45) is 34.5 Å². The molecular weight excluding hydrogens is 464 g/mol. The van der Waals surface area contributed by atoms with Gasteiger partial charge in [0.2, 0.25) is 11.8 Å². The van der Waals surface area contributed by atoms with E-state index in [4.69, 9.17) is 0 Å². The molecule has 0 radical (unpaired) electrons. The van der Waals surface area contributed by atoms with E-state index in [0.717, 1.165) is 32.1 Å². The zero-order valence-electron chi connectivity index (χ0n) is 21.7. The maximum absolute atomic E-state index is 13.9. The van der Waals surface area contributed by atoms with Gasteiger partial charge in [-0.25, -0.2) is 0 Å². The van der Waals surface area contributed by atoms with Crippen molar-refractivity contribution in [1.29, 1.82) is 0 Å². The number of hydrogen-bond donors (Lipinski definition) is 2. The highest BCUT2D eigenvalue weighted by Crippen LogP contribution is 2.65. The predicted octanol–water partition coefficient (Wildman–Crippen LogP) is 6.29. The molecular formula is C31H40N2O2S. The maximum atomic E-state index is 13.9. The summed E-state index contributed by atoms with van der Waals surface area (Å²) in [5.41, 5.74) is 1.56. The van der Waals surface area contributed by atoms with Crippen LogP contribution in [0.2, 0.25) is 0 Å². The second-order valence-electron chi connectivity index (χ2n) is 12.5. The van der Waals surface area contributed by atoms with Gasteiger partial charge in [-0.2, -0.15) is 0 Å². The van der Waals surface area contributed by atoms with E-state index >= 15 is 0 Å². The number of thiophene rings is 1. The molecule has 1 aromatic carbocycles. The number of rotatable bonds is 5. The van der Waals surface area contributed by atoms with Crippen LogP contribution in [0.4, 0.5) is 0 Å². The van der Waals surface area contributed by atoms with Crippen molar-refractivity contribution in [2.45, 2.75) is 83.7 Å². The van der Waals surface area contributed by atoms with E-state index in [1.54, 1.807) is 11.3 Å². The summed E-state index contributed by atoms with van der Waals surface area (Å²) < 4.78 is 0. The SMILES string of the molecule is C[C@]12CCC(=O)N[C@@H]1CC[C@@H]1[C@@H]2CC[C@]2(C)[C@@H](C(=O)NC(Cc3ccccc3)c3cccs3)CC[C@@H]12. The molecule has 1 aromatic heterocycles. The Bertz CT molecular complexity index is 1100. The number of fused-ring (bicyclic) bond motifs is 5. The second kappa shape index (κ2) is 9.31. The van der Waals surface area contributed by atoms with Crippen molar-refractivity contribution in [3.05, 3.63) is 58.3 Å². The van der Waals surface area contributed by atoms with Crippen molar-refractivity contribution in [2.75, 3.05) is 0 Å². The fourth-order valence-corrected chi connectivity index (χ4v) is 9.75. The monoisotopic (exact) mass is 504 g/mol. The highest BCUT2D eigenvalue weighted by atomic mass is 32.1.